The van der Waals surface area contributed by atoms with Gasteiger partial charge < -0.3 is 10.6 Å². The van der Waals surface area contributed by atoms with Gasteiger partial charge in [0, 0.05) is 19.5 Å². The smallest absolute Gasteiger partial charge is 0.265 e. The number of imide groups is 1. The molecule has 0 saturated carbocycles. The number of hydrogen-bond donors (Lipinski definition) is 2. The van der Waals surface area contributed by atoms with Gasteiger partial charge in [-0.15, -0.1) is 11.3 Å². The molecule has 0 radical (unpaired) electrons. The summed E-state index contributed by atoms with van der Waals surface area (Å²) >= 11 is 1.37. The molecule has 1 aromatic rings. The quantitative estimate of drug-likeness (QED) is 0.743. The molecule has 1 atom stereocenters. The van der Waals surface area contributed by atoms with E-state index in [0.717, 1.165) is 11.1 Å². The number of nitrogens with two attached hydrogens (primary N) is 1. The lowest BCUT2D eigenvalue weighted by molar-refractivity contribution is -0.136. The molecule has 1 saturated heterocycles. The molecule has 19 heavy (non-hydrogen) atoms. The van der Waals surface area contributed by atoms with Crippen LogP contribution in [0.2, 0.25) is 0 Å². The fraction of sp³-hybridized carbons (Fsp3) is 0.417. The van der Waals surface area contributed by atoms with E-state index in [4.69, 9.17) is 5.73 Å². The molecule has 3 rings (SSSR count). The minimum absolute atomic E-state index is 0.130. The van der Waals surface area contributed by atoms with Gasteiger partial charge in [0.05, 0.1) is 4.88 Å². The Labute approximate surface area is 113 Å². The average molecular weight is 279 g/mol. The number of thiophene rings is 1. The number of rotatable bonds is 2. The monoisotopic (exact) mass is 279 g/mol. The van der Waals surface area contributed by atoms with Crippen LogP contribution in [0.1, 0.15) is 33.6 Å². The Morgan fingerprint density at radius 1 is 1.42 bits per heavy atom. The maximum atomic E-state index is 12.3. The summed E-state index contributed by atoms with van der Waals surface area (Å²) in [6.07, 6.45) is 0.668. The molecule has 1 fully saturated rings. The molecule has 2 aliphatic heterocycles. The van der Waals surface area contributed by atoms with Crippen LogP contribution >= 0.6 is 11.3 Å². The Kier molecular flexibility index (Phi) is 2.87. The molecular formula is C12H13N3O3S. The average Bonchev–Trinajstić information content (AvgIpc) is 2.91. The number of carbonyl (C=O) groups is 3. The van der Waals surface area contributed by atoms with E-state index in [1.807, 2.05) is 5.38 Å². The van der Waals surface area contributed by atoms with Gasteiger partial charge in [-0.05, 0) is 22.9 Å². The third-order valence-electron chi connectivity index (χ3n) is 3.57. The minimum atomic E-state index is -0.546. The molecule has 6 nitrogen and oxygen atoms in total. The van der Waals surface area contributed by atoms with E-state index in [9.17, 15) is 14.4 Å². The van der Waals surface area contributed by atoms with Crippen LogP contribution in [0.5, 0.6) is 0 Å². The number of carbonyl (C=O) groups excluding carboxylic acids is 3. The summed E-state index contributed by atoms with van der Waals surface area (Å²) in [6.45, 7) is 0.804. The van der Waals surface area contributed by atoms with Gasteiger partial charge in [-0.25, -0.2) is 0 Å². The SMILES string of the molecule is NCc1csc2c1CN(C1CCC(=O)NC1=O)C2=O. The number of amides is 3. The summed E-state index contributed by atoms with van der Waals surface area (Å²) in [7, 11) is 0. The van der Waals surface area contributed by atoms with Crippen molar-refractivity contribution in [3.63, 3.8) is 0 Å². The Hall–Kier alpha value is -1.73. The van der Waals surface area contributed by atoms with Crippen LogP contribution in [0.15, 0.2) is 5.38 Å². The summed E-state index contributed by atoms with van der Waals surface area (Å²) in [5.41, 5.74) is 7.53. The predicted molar refractivity (Wildman–Crippen MR) is 68.3 cm³/mol. The van der Waals surface area contributed by atoms with Gasteiger partial charge in [-0.1, -0.05) is 0 Å². The van der Waals surface area contributed by atoms with Crippen LogP contribution in [0.4, 0.5) is 0 Å². The van der Waals surface area contributed by atoms with Crippen molar-refractivity contribution < 1.29 is 14.4 Å². The van der Waals surface area contributed by atoms with Gasteiger partial charge >= 0.3 is 0 Å². The predicted octanol–water partition coefficient (Wildman–Crippen LogP) is -0.0322. The zero-order valence-electron chi connectivity index (χ0n) is 10.1. The van der Waals surface area contributed by atoms with E-state index >= 15 is 0 Å². The molecule has 1 aromatic heterocycles. The number of nitrogens with zero attached hydrogens (tertiary/aromatic N) is 1. The Balaban J connectivity index is 1.85. The first kappa shape index (κ1) is 12.3. The van der Waals surface area contributed by atoms with E-state index in [2.05, 4.69) is 5.32 Å². The van der Waals surface area contributed by atoms with Gasteiger partial charge in [0.2, 0.25) is 11.8 Å². The molecule has 3 amide bonds. The van der Waals surface area contributed by atoms with E-state index in [1.54, 1.807) is 4.90 Å². The van der Waals surface area contributed by atoms with Crippen LogP contribution in [-0.4, -0.2) is 28.7 Å². The van der Waals surface area contributed by atoms with Crippen LogP contribution in [0.3, 0.4) is 0 Å². The first-order valence-corrected chi connectivity index (χ1v) is 6.93. The topological polar surface area (TPSA) is 92.5 Å². The maximum absolute atomic E-state index is 12.3. The summed E-state index contributed by atoms with van der Waals surface area (Å²) in [5, 5.41) is 4.17. The van der Waals surface area contributed by atoms with Crippen LogP contribution in [0.25, 0.3) is 0 Å². The fourth-order valence-corrected chi connectivity index (χ4v) is 3.60. The molecule has 2 aliphatic rings. The van der Waals surface area contributed by atoms with Gasteiger partial charge in [0.1, 0.15) is 6.04 Å². The zero-order chi connectivity index (χ0) is 13.6. The van der Waals surface area contributed by atoms with Crippen molar-refractivity contribution in [1.82, 2.24) is 10.2 Å². The second kappa shape index (κ2) is 4.43. The van der Waals surface area contributed by atoms with Crippen LogP contribution in [-0.2, 0) is 22.7 Å². The second-order valence-electron chi connectivity index (χ2n) is 4.67. The number of nitrogens with one attached hydrogen (secondary N) is 1. The zero-order valence-corrected chi connectivity index (χ0v) is 11.0. The molecule has 0 bridgehead atoms. The number of hydrogen-bond acceptors (Lipinski definition) is 5. The van der Waals surface area contributed by atoms with Crippen molar-refractivity contribution in [2.45, 2.75) is 32.0 Å². The Morgan fingerprint density at radius 3 is 2.89 bits per heavy atom. The standard InChI is InChI=1S/C12H13N3O3S/c13-3-6-5-19-10-7(6)4-15(12(10)18)8-1-2-9(16)14-11(8)17/h5,8H,1-4,13H2,(H,14,16,17). The highest BCUT2D eigenvalue weighted by atomic mass is 32.1. The lowest BCUT2D eigenvalue weighted by atomic mass is 10.0. The third-order valence-corrected chi connectivity index (χ3v) is 4.63. The molecule has 7 heteroatoms. The number of fused-ring (bicyclic) bond motifs is 1. The summed E-state index contributed by atoms with van der Waals surface area (Å²) < 4.78 is 0. The fourth-order valence-electron chi connectivity index (χ4n) is 2.55. The third kappa shape index (κ3) is 1.85. The van der Waals surface area contributed by atoms with Crippen molar-refractivity contribution in [2.24, 2.45) is 5.73 Å². The van der Waals surface area contributed by atoms with Crippen molar-refractivity contribution in [3.05, 3.63) is 21.4 Å². The summed E-state index contributed by atoms with van der Waals surface area (Å²) in [4.78, 5) is 37.4. The van der Waals surface area contributed by atoms with Crippen LogP contribution < -0.4 is 11.1 Å². The van der Waals surface area contributed by atoms with Gasteiger partial charge in [-0.3, -0.25) is 19.7 Å². The van der Waals surface area contributed by atoms with E-state index in [1.165, 1.54) is 11.3 Å². The molecule has 100 valence electrons. The van der Waals surface area contributed by atoms with Gasteiger partial charge in [-0.2, -0.15) is 0 Å². The summed E-state index contributed by atoms with van der Waals surface area (Å²) in [6, 6.07) is -0.546. The Bertz CT molecular complexity index is 581. The van der Waals surface area contributed by atoms with Gasteiger partial charge in [0.25, 0.3) is 5.91 Å². The van der Waals surface area contributed by atoms with E-state index < -0.39 is 6.04 Å². The molecule has 3 heterocycles. The lowest BCUT2D eigenvalue weighted by Crippen LogP contribution is -2.52. The first-order valence-electron chi connectivity index (χ1n) is 6.05. The van der Waals surface area contributed by atoms with Crippen molar-refractivity contribution in [3.8, 4) is 0 Å². The Morgan fingerprint density at radius 2 is 2.21 bits per heavy atom. The van der Waals surface area contributed by atoms with Crippen molar-refractivity contribution >= 4 is 29.1 Å². The maximum Gasteiger partial charge on any atom is 0.265 e. The number of piperidine rings is 1. The summed E-state index contributed by atoms with van der Waals surface area (Å²) in [5.74, 6) is -0.784. The van der Waals surface area contributed by atoms with Gasteiger partial charge in [0.15, 0.2) is 0 Å². The highest BCUT2D eigenvalue weighted by Gasteiger charge is 2.40. The largest absolute Gasteiger partial charge is 0.326 e. The normalized spacial score (nSPS) is 22.7. The van der Waals surface area contributed by atoms with Crippen molar-refractivity contribution in [2.75, 3.05) is 0 Å². The van der Waals surface area contributed by atoms with Crippen LogP contribution in [0, 0.1) is 0 Å². The highest BCUT2D eigenvalue weighted by Crippen LogP contribution is 2.33. The molecular weight excluding hydrogens is 266 g/mol. The second-order valence-corrected chi connectivity index (χ2v) is 5.55. The highest BCUT2D eigenvalue weighted by molar-refractivity contribution is 7.12. The minimum Gasteiger partial charge on any atom is -0.326 e. The first-order chi connectivity index (χ1) is 9.11. The molecule has 0 aromatic carbocycles. The van der Waals surface area contributed by atoms with Crippen molar-refractivity contribution in [1.29, 1.82) is 0 Å². The molecule has 0 aliphatic carbocycles. The molecule has 1 unspecified atom stereocenters. The molecule has 3 N–H and O–H groups in total. The van der Waals surface area contributed by atoms with E-state index in [-0.39, 0.29) is 24.1 Å². The molecule has 0 spiro atoms. The van der Waals surface area contributed by atoms with E-state index in [0.29, 0.717) is 24.4 Å². The lowest BCUT2D eigenvalue weighted by Gasteiger charge is -2.29.